The van der Waals surface area contributed by atoms with E-state index in [0.29, 0.717) is 10.4 Å². The van der Waals surface area contributed by atoms with E-state index in [1.165, 1.54) is 29.1 Å². The third-order valence-electron chi connectivity index (χ3n) is 3.32. The van der Waals surface area contributed by atoms with Crippen molar-refractivity contribution in [2.75, 3.05) is 0 Å². The summed E-state index contributed by atoms with van der Waals surface area (Å²) in [4.78, 5) is 27.4. The molecule has 0 saturated heterocycles. The quantitative estimate of drug-likeness (QED) is 0.715. The maximum atomic E-state index is 12.0. The normalized spacial score (nSPS) is 16.6. The fraction of sp³-hybridized carbons (Fsp3) is 0.154. The van der Waals surface area contributed by atoms with Crippen LogP contribution in [0.25, 0.3) is 0 Å². The van der Waals surface area contributed by atoms with Crippen molar-refractivity contribution in [2.24, 2.45) is 0 Å². The van der Waals surface area contributed by atoms with Crippen molar-refractivity contribution in [3.05, 3.63) is 45.9 Å². The summed E-state index contributed by atoms with van der Waals surface area (Å²) in [5.74, 6) is -2.00. The highest BCUT2D eigenvalue weighted by Gasteiger charge is 2.37. The van der Waals surface area contributed by atoms with Crippen molar-refractivity contribution in [3.63, 3.8) is 0 Å². The monoisotopic (exact) mass is 318 g/mol. The van der Waals surface area contributed by atoms with E-state index in [2.05, 4.69) is 10.3 Å². The summed E-state index contributed by atoms with van der Waals surface area (Å²) in [5.41, 5.74) is 2.15. The van der Waals surface area contributed by atoms with Gasteiger partial charge >= 0.3 is 13.1 Å². The lowest BCUT2D eigenvalue weighted by molar-refractivity contribution is 0.0693. The molecule has 1 aromatic heterocycles. The number of carboxylic acids is 1. The van der Waals surface area contributed by atoms with Gasteiger partial charge < -0.3 is 20.1 Å². The Balaban J connectivity index is 1.81. The molecule has 1 aliphatic heterocycles. The van der Waals surface area contributed by atoms with E-state index < -0.39 is 19.0 Å². The van der Waals surface area contributed by atoms with Crippen molar-refractivity contribution < 1.29 is 24.4 Å². The number of fused-ring (bicyclic) bond motifs is 1. The number of para-hydroxylation sites is 1. The van der Waals surface area contributed by atoms with Gasteiger partial charge in [0.15, 0.2) is 0 Å². The Hall–Kier alpha value is -2.39. The molecule has 0 fully saturated rings. The first-order chi connectivity index (χ1) is 10.6. The summed E-state index contributed by atoms with van der Waals surface area (Å²) >= 11 is 1.19. The Bertz CT molecular complexity index is 721. The van der Waals surface area contributed by atoms with Crippen LogP contribution in [0.5, 0.6) is 5.75 Å². The third kappa shape index (κ3) is 2.68. The number of amides is 1. The zero-order valence-electron chi connectivity index (χ0n) is 11.2. The van der Waals surface area contributed by atoms with Gasteiger partial charge in [-0.2, -0.15) is 0 Å². The second-order valence-electron chi connectivity index (χ2n) is 4.76. The number of benzene rings is 1. The van der Waals surface area contributed by atoms with Gasteiger partial charge in [0, 0.05) is 0 Å². The number of thiazole rings is 1. The van der Waals surface area contributed by atoms with Gasteiger partial charge in [0.05, 0.1) is 23.2 Å². The van der Waals surface area contributed by atoms with Crippen LogP contribution >= 0.6 is 11.3 Å². The zero-order valence-corrected chi connectivity index (χ0v) is 12.0. The molecule has 1 aliphatic rings. The lowest BCUT2D eigenvalue weighted by atomic mass is 9.72. The minimum absolute atomic E-state index is 0.0104. The van der Waals surface area contributed by atoms with Crippen LogP contribution in [0.4, 0.5) is 0 Å². The molecule has 9 heteroatoms. The number of hydrogen-bond donors (Lipinski definition) is 3. The number of hydrogen-bond acceptors (Lipinski definition) is 6. The van der Waals surface area contributed by atoms with E-state index in [1.54, 1.807) is 12.1 Å². The Kier molecular flexibility index (Phi) is 3.82. The van der Waals surface area contributed by atoms with E-state index in [-0.39, 0.29) is 23.6 Å². The molecule has 112 valence electrons. The first-order valence-corrected chi connectivity index (χ1v) is 7.33. The predicted octanol–water partition coefficient (Wildman–Crippen LogP) is 0.594. The maximum absolute atomic E-state index is 12.0. The molecule has 3 N–H and O–H groups in total. The van der Waals surface area contributed by atoms with E-state index in [9.17, 15) is 14.6 Å². The Labute approximate surface area is 129 Å². The Morgan fingerprint density at radius 3 is 2.95 bits per heavy atom. The molecule has 1 amide bonds. The standard InChI is InChI=1S/C13H11BN2O5S/c17-12(9-5-15-6-22-9)16-10-4-7-2-1-3-8(13(18)19)11(7)21-14(10)20/h1-3,5-6,10,20H,4H2,(H,16,17)(H,18,19). The fourth-order valence-electron chi connectivity index (χ4n) is 2.28. The highest BCUT2D eigenvalue weighted by Crippen LogP contribution is 2.30. The number of aromatic carboxylic acids is 1. The molecule has 3 rings (SSSR count). The van der Waals surface area contributed by atoms with Crippen LogP contribution in [0.2, 0.25) is 0 Å². The fourth-order valence-corrected chi connectivity index (χ4v) is 2.81. The molecule has 7 nitrogen and oxygen atoms in total. The summed E-state index contributed by atoms with van der Waals surface area (Å²) in [5, 5.41) is 21.8. The summed E-state index contributed by atoms with van der Waals surface area (Å²) < 4.78 is 5.30. The molecule has 1 aromatic carbocycles. The van der Waals surface area contributed by atoms with Gasteiger partial charge in [-0.3, -0.25) is 9.78 Å². The first-order valence-electron chi connectivity index (χ1n) is 6.45. The van der Waals surface area contributed by atoms with Crippen LogP contribution in [0.1, 0.15) is 25.6 Å². The maximum Gasteiger partial charge on any atom is 0.547 e. The minimum atomic E-state index is -1.31. The van der Waals surface area contributed by atoms with Crippen molar-refractivity contribution in [3.8, 4) is 5.75 Å². The largest absolute Gasteiger partial charge is 0.547 e. The number of aromatic nitrogens is 1. The molecule has 0 spiro atoms. The SMILES string of the molecule is O=C(NC1Cc2cccc(C(=O)O)c2OB1O)c1cncs1. The zero-order chi connectivity index (χ0) is 15.7. The predicted molar refractivity (Wildman–Crippen MR) is 79.1 cm³/mol. The van der Waals surface area contributed by atoms with Gasteiger partial charge in [0.2, 0.25) is 0 Å². The molecular weight excluding hydrogens is 307 g/mol. The highest BCUT2D eigenvalue weighted by molar-refractivity contribution is 7.11. The number of carbonyl (C=O) groups is 2. The Morgan fingerprint density at radius 1 is 1.45 bits per heavy atom. The number of nitrogens with one attached hydrogen (secondary N) is 1. The van der Waals surface area contributed by atoms with Gasteiger partial charge in [-0.15, -0.1) is 11.3 Å². The highest BCUT2D eigenvalue weighted by atomic mass is 32.1. The van der Waals surface area contributed by atoms with Crippen LogP contribution < -0.4 is 9.97 Å². The van der Waals surface area contributed by atoms with E-state index in [4.69, 9.17) is 9.76 Å². The van der Waals surface area contributed by atoms with Gasteiger partial charge in [0.1, 0.15) is 10.6 Å². The molecule has 2 heterocycles. The van der Waals surface area contributed by atoms with Crippen LogP contribution in [-0.2, 0) is 6.42 Å². The number of carboxylic acid groups (broad SMARTS) is 1. The third-order valence-corrected chi connectivity index (χ3v) is 4.09. The average molecular weight is 318 g/mol. The smallest absolute Gasteiger partial charge is 0.534 e. The molecule has 2 aromatic rings. The summed E-state index contributed by atoms with van der Waals surface area (Å²) in [6, 6.07) is 4.72. The Morgan fingerprint density at radius 2 is 2.27 bits per heavy atom. The van der Waals surface area contributed by atoms with E-state index >= 15 is 0 Å². The summed E-state index contributed by atoms with van der Waals surface area (Å²) in [7, 11) is -1.31. The lowest BCUT2D eigenvalue weighted by Gasteiger charge is -2.28. The molecular formula is C13H11BN2O5S. The molecule has 0 aliphatic carbocycles. The first kappa shape index (κ1) is 14.5. The van der Waals surface area contributed by atoms with Crippen molar-refractivity contribution in [2.45, 2.75) is 12.4 Å². The second kappa shape index (κ2) is 5.78. The van der Waals surface area contributed by atoms with Gasteiger partial charge in [-0.25, -0.2) is 4.79 Å². The van der Waals surface area contributed by atoms with E-state index in [1.807, 2.05) is 0 Å². The van der Waals surface area contributed by atoms with Crippen LogP contribution in [-0.4, -0.2) is 40.1 Å². The molecule has 1 atom stereocenters. The average Bonchev–Trinajstić information content (AvgIpc) is 3.01. The molecule has 0 radical (unpaired) electrons. The van der Waals surface area contributed by atoms with E-state index in [0.717, 1.165) is 0 Å². The molecule has 1 unspecified atom stereocenters. The number of nitrogens with zero attached hydrogens (tertiary/aromatic N) is 1. The van der Waals surface area contributed by atoms with Crippen LogP contribution in [0.3, 0.4) is 0 Å². The van der Waals surface area contributed by atoms with Crippen molar-refractivity contribution in [1.82, 2.24) is 10.3 Å². The van der Waals surface area contributed by atoms with Crippen molar-refractivity contribution in [1.29, 1.82) is 0 Å². The van der Waals surface area contributed by atoms with Crippen LogP contribution in [0.15, 0.2) is 29.9 Å². The van der Waals surface area contributed by atoms with Gasteiger partial charge in [-0.1, -0.05) is 12.1 Å². The van der Waals surface area contributed by atoms with Crippen molar-refractivity contribution >= 4 is 30.3 Å². The molecule has 0 saturated carbocycles. The number of rotatable bonds is 3. The minimum Gasteiger partial charge on any atom is -0.534 e. The second-order valence-corrected chi connectivity index (χ2v) is 5.64. The van der Waals surface area contributed by atoms with Crippen LogP contribution in [0, 0.1) is 0 Å². The van der Waals surface area contributed by atoms with Gasteiger partial charge in [-0.05, 0) is 18.1 Å². The number of carbonyl (C=O) groups excluding carboxylic acids is 1. The summed E-state index contributed by atoms with van der Waals surface area (Å²) in [6.07, 6.45) is 1.72. The molecule has 0 bridgehead atoms. The lowest BCUT2D eigenvalue weighted by Crippen LogP contribution is -2.53. The summed E-state index contributed by atoms with van der Waals surface area (Å²) in [6.45, 7) is 0. The van der Waals surface area contributed by atoms with Gasteiger partial charge in [0.25, 0.3) is 5.91 Å². The topological polar surface area (TPSA) is 109 Å². The molecule has 22 heavy (non-hydrogen) atoms.